The van der Waals surface area contributed by atoms with Crippen molar-refractivity contribution in [3.05, 3.63) is 29.8 Å². The van der Waals surface area contributed by atoms with Crippen molar-refractivity contribution < 1.29 is 9.84 Å². The van der Waals surface area contributed by atoms with Gasteiger partial charge in [-0.05, 0) is 48.8 Å². The van der Waals surface area contributed by atoms with Gasteiger partial charge in [0.15, 0.2) is 5.96 Å². The van der Waals surface area contributed by atoms with E-state index in [0.29, 0.717) is 25.6 Å². The second-order valence-corrected chi connectivity index (χ2v) is 8.95. The number of methoxy groups -OCH3 is 1. The number of nitrogens with one attached hydrogen (secondary N) is 2. The first kappa shape index (κ1) is 27.0. The average molecular weight is 533 g/mol. The molecule has 1 heterocycles. The minimum Gasteiger partial charge on any atom is -0.396 e. The highest BCUT2D eigenvalue weighted by atomic mass is 127. The predicted octanol–water partition coefficient (Wildman–Crippen LogP) is 3.63. The number of halogens is 1. The molecule has 3 N–H and O–H groups in total. The zero-order valence-corrected chi connectivity index (χ0v) is 21.6. The molecule has 1 fully saturated rings. The Bertz CT molecular complexity index is 623. The summed E-state index contributed by atoms with van der Waals surface area (Å²) in [6, 6.07) is 8.69. The standard InChI is InChI=1S/C23H40N4O2.HI/c1-6-24-22(26-16-21(29-5)23(2,3)4)25-15-18-7-9-20(10-8-18)27-13-11-19(17-28)12-14-27;/h7-10,19,21,28H,6,11-17H2,1-5H3,(H2,24,25,26);1H. The van der Waals surface area contributed by atoms with E-state index >= 15 is 0 Å². The van der Waals surface area contributed by atoms with Crippen LogP contribution >= 0.6 is 24.0 Å². The van der Waals surface area contributed by atoms with Crippen LogP contribution in [0, 0.1) is 11.3 Å². The summed E-state index contributed by atoms with van der Waals surface area (Å²) in [6.07, 6.45) is 2.25. The normalized spacial score (nSPS) is 16.7. The van der Waals surface area contributed by atoms with E-state index in [-0.39, 0.29) is 35.5 Å². The average Bonchev–Trinajstić information content (AvgIpc) is 2.72. The number of anilines is 1. The molecule has 0 spiro atoms. The maximum absolute atomic E-state index is 9.30. The Balaban J connectivity index is 0.00000450. The van der Waals surface area contributed by atoms with Gasteiger partial charge in [0.05, 0.1) is 12.6 Å². The fraction of sp³-hybridized carbons (Fsp3) is 0.696. The molecule has 172 valence electrons. The van der Waals surface area contributed by atoms with Gasteiger partial charge in [-0.1, -0.05) is 32.9 Å². The Morgan fingerprint density at radius 2 is 1.83 bits per heavy atom. The highest BCUT2D eigenvalue weighted by Gasteiger charge is 2.24. The van der Waals surface area contributed by atoms with Crippen LogP contribution < -0.4 is 15.5 Å². The molecule has 30 heavy (non-hydrogen) atoms. The maximum atomic E-state index is 9.30. The number of aliphatic hydroxyl groups is 1. The summed E-state index contributed by atoms with van der Waals surface area (Å²) in [7, 11) is 1.76. The molecular weight excluding hydrogens is 491 g/mol. The lowest BCUT2D eigenvalue weighted by Crippen LogP contribution is -2.45. The number of rotatable bonds is 8. The van der Waals surface area contributed by atoms with E-state index in [1.54, 1.807) is 7.11 Å². The number of ether oxygens (including phenoxy) is 1. The zero-order chi connectivity index (χ0) is 21.3. The second kappa shape index (κ2) is 13.4. The quantitative estimate of drug-likeness (QED) is 0.271. The van der Waals surface area contributed by atoms with Gasteiger partial charge in [0, 0.05) is 45.6 Å². The summed E-state index contributed by atoms with van der Waals surface area (Å²) in [5, 5.41) is 16.0. The van der Waals surface area contributed by atoms with E-state index in [4.69, 9.17) is 9.73 Å². The number of aliphatic hydroxyl groups excluding tert-OH is 1. The first-order valence-corrected chi connectivity index (χ1v) is 10.9. The van der Waals surface area contributed by atoms with E-state index in [1.165, 1.54) is 11.3 Å². The topological polar surface area (TPSA) is 69.1 Å². The van der Waals surface area contributed by atoms with Crippen LogP contribution in [0.15, 0.2) is 29.3 Å². The van der Waals surface area contributed by atoms with Crippen molar-refractivity contribution in [3.63, 3.8) is 0 Å². The number of nitrogens with zero attached hydrogens (tertiary/aromatic N) is 2. The molecule has 0 bridgehead atoms. The van der Waals surface area contributed by atoms with E-state index in [1.807, 2.05) is 0 Å². The van der Waals surface area contributed by atoms with Crippen LogP contribution in [0.5, 0.6) is 0 Å². The van der Waals surface area contributed by atoms with Crippen LogP contribution in [0.4, 0.5) is 5.69 Å². The number of benzene rings is 1. The molecule has 0 radical (unpaired) electrons. The Labute approximate surface area is 199 Å². The summed E-state index contributed by atoms with van der Waals surface area (Å²) < 4.78 is 5.63. The van der Waals surface area contributed by atoms with Crippen molar-refractivity contribution >= 4 is 35.6 Å². The van der Waals surface area contributed by atoms with Gasteiger partial charge in [0.25, 0.3) is 0 Å². The van der Waals surface area contributed by atoms with Crippen molar-refractivity contribution in [3.8, 4) is 0 Å². The minimum atomic E-state index is 0. The molecule has 1 aromatic rings. The van der Waals surface area contributed by atoms with Gasteiger partial charge in [-0.15, -0.1) is 24.0 Å². The van der Waals surface area contributed by atoms with Crippen molar-refractivity contribution in [1.29, 1.82) is 0 Å². The van der Waals surface area contributed by atoms with E-state index in [2.05, 4.69) is 67.5 Å². The zero-order valence-electron chi connectivity index (χ0n) is 19.3. The highest BCUT2D eigenvalue weighted by molar-refractivity contribution is 14.0. The first-order chi connectivity index (χ1) is 13.9. The van der Waals surface area contributed by atoms with Crippen LogP contribution in [-0.2, 0) is 11.3 Å². The summed E-state index contributed by atoms with van der Waals surface area (Å²) in [5.41, 5.74) is 2.52. The van der Waals surface area contributed by atoms with Crippen LogP contribution in [-0.4, -0.2) is 57.1 Å². The second-order valence-electron chi connectivity index (χ2n) is 8.95. The smallest absolute Gasteiger partial charge is 0.191 e. The van der Waals surface area contributed by atoms with Crippen LogP contribution in [0.25, 0.3) is 0 Å². The fourth-order valence-electron chi connectivity index (χ4n) is 3.63. The summed E-state index contributed by atoms with van der Waals surface area (Å²) in [5.74, 6) is 1.28. The molecule has 1 unspecified atom stereocenters. The Morgan fingerprint density at radius 3 is 2.33 bits per heavy atom. The van der Waals surface area contributed by atoms with Crippen molar-refractivity contribution in [2.45, 2.75) is 53.2 Å². The Kier molecular flexibility index (Phi) is 12.0. The monoisotopic (exact) mass is 532 g/mol. The third-order valence-corrected chi connectivity index (χ3v) is 5.64. The SMILES string of the molecule is CCNC(=NCc1ccc(N2CCC(CO)CC2)cc1)NCC(OC)C(C)(C)C.I. The van der Waals surface area contributed by atoms with Gasteiger partial charge in [-0.3, -0.25) is 0 Å². The van der Waals surface area contributed by atoms with Gasteiger partial charge in [0.2, 0.25) is 0 Å². The van der Waals surface area contributed by atoms with Gasteiger partial charge in [-0.2, -0.15) is 0 Å². The molecule has 0 aliphatic carbocycles. The highest BCUT2D eigenvalue weighted by Crippen LogP contribution is 2.23. The molecule has 1 aliphatic heterocycles. The third kappa shape index (κ3) is 8.59. The molecule has 2 rings (SSSR count). The van der Waals surface area contributed by atoms with Gasteiger partial charge in [0.1, 0.15) is 0 Å². The molecule has 7 heteroatoms. The molecule has 0 aromatic heterocycles. The summed E-state index contributed by atoms with van der Waals surface area (Å²) in [4.78, 5) is 7.14. The molecule has 0 saturated carbocycles. The number of aliphatic imine (C=N–C) groups is 1. The lowest BCUT2D eigenvalue weighted by Gasteiger charge is -2.32. The summed E-state index contributed by atoms with van der Waals surface area (Å²) >= 11 is 0. The third-order valence-electron chi connectivity index (χ3n) is 5.64. The minimum absolute atomic E-state index is 0. The van der Waals surface area contributed by atoms with Crippen LogP contribution in [0.2, 0.25) is 0 Å². The van der Waals surface area contributed by atoms with Crippen molar-refractivity contribution in [2.75, 3.05) is 44.8 Å². The fourth-order valence-corrected chi connectivity index (χ4v) is 3.63. The molecule has 6 nitrogen and oxygen atoms in total. The molecule has 1 saturated heterocycles. The summed E-state index contributed by atoms with van der Waals surface area (Å²) in [6.45, 7) is 13.1. The molecule has 1 atom stereocenters. The molecule has 1 aliphatic rings. The van der Waals surface area contributed by atoms with E-state index in [0.717, 1.165) is 38.4 Å². The molecule has 1 aromatic carbocycles. The number of piperidine rings is 1. The van der Waals surface area contributed by atoms with E-state index < -0.39 is 0 Å². The first-order valence-electron chi connectivity index (χ1n) is 10.9. The van der Waals surface area contributed by atoms with Crippen LogP contribution in [0.3, 0.4) is 0 Å². The lowest BCUT2D eigenvalue weighted by atomic mass is 9.89. The number of guanidine groups is 1. The molecule has 0 amide bonds. The Hall–Kier alpha value is -1.06. The van der Waals surface area contributed by atoms with E-state index in [9.17, 15) is 5.11 Å². The maximum Gasteiger partial charge on any atom is 0.191 e. The predicted molar refractivity (Wildman–Crippen MR) is 137 cm³/mol. The van der Waals surface area contributed by atoms with Crippen molar-refractivity contribution in [2.24, 2.45) is 16.3 Å². The Morgan fingerprint density at radius 1 is 1.20 bits per heavy atom. The number of hydrogen-bond donors (Lipinski definition) is 3. The van der Waals surface area contributed by atoms with Gasteiger partial charge < -0.3 is 25.4 Å². The number of hydrogen-bond acceptors (Lipinski definition) is 4. The largest absolute Gasteiger partial charge is 0.396 e. The van der Waals surface area contributed by atoms with Crippen molar-refractivity contribution in [1.82, 2.24) is 10.6 Å². The van der Waals surface area contributed by atoms with Crippen LogP contribution in [0.1, 0.15) is 46.1 Å². The van der Waals surface area contributed by atoms with Gasteiger partial charge >= 0.3 is 0 Å². The lowest BCUT2D eigenvalue weighted by molar-refractivity contribution is 0.0205. The van der Waals surface area contributed by atoms with Gasteiger partial charge in [-0.25, -0.2) is 4.99 Å². The molecular formula is C23H41IN4O2.